The number of carbonyl (C=O) groups is 2. The standard InChI is InChI=1S/C21H24N4O4/c1-12(2)25-19-16(9-22-25)15(8-17(23-19)18-5-4-6-29-18)20(26)24-10-13(3)7-14(11-24)21(27)28/h4-6,8-9,12-14H,7,10-11H2,1-3H3,(H,27,28). The Labute approximate surface area is 168 Å². The molecular weight excluding hydrogens is 372 g/mol. The van der Waals surface area contributed by atoms with Gasteiger partial charge in [0.25, 0.3) is 5.91 Å². The number of pyridine rings is 1. The highest BCUT2D eigenvalue weighted by Gasteiger charge is 2.33. The number of hydrogen-bond acceptors (Lipinski definition) is 5. The largest absolute Gasteiger partial charge is 0.481 e. The van der Waals surface area contributed by atoms with Gasteiger partial charge in [-0.1, -0.05) is 6.92 Å². The summed E-state index contributed by atoms with van der Waals surface area (Å²) in [7, 11) is 0. The molecule has 1 aliphatic rings. The molecule has 0 radical (unpaired) electrons. The van der Waals surface area contributed by atoms with E-state index in [1.54, 1.807) is 40.2 Å². The van der Waals surface area contributed by atoms with Gasteiger partial charge in [0.2, 0.25) is 0 Å². The van der Waals surface area contributed by atoms with Crippen molar-refractivity contribution < 1.29 is 19.1 Å². The monoisotopic (exact) mass is 396 g/mol. The number of carboxylic acids is 1. The Kier molecular flexibility index (Phi) is 4.86. The lowest BCUT2D eigenvalue weighted by atomic mass is 9.90. The molecule has 3 aromatic heterocycles. The van der Waals surface area contributed by atoms with Gasteiger partial charge in [0.1, 0.15) is 5.69 Å². The maximum absolute atomic E-state index is 13.5. The number of rotatable bonds is 4. The molecule has 1 fully saturated rings. The first-order valence-corrected chi connectivity index (χ1v) is 9.79. The number of aliphatic carboxylic acids is 1. The zero-order valence-electron chi connectivity index (χ0n) is 16.7. The molecule has 1 saturated heterocycles. The lowest BCUT2D eigenvalue weighted by molar-refractivity contribution is -0.143. The van der Waals surface area contributed by atoms with E-state index in [1.165, 1.54) is 0 Å². The summed E-state index contributed by atoms with van der Waals surface area (Å²) in [5.74, 6) is -0.936. The highest BCUT2D eigenvalue weighted by atomic mass is 16.4. The zero-order chi connectivity index (χ0) is 20.7. The topological polar surface area (TPSA) is 101 Å². The molecule has 2 unspecified atom stereocenters. The van der Waals surface area contributed by atoms with E-state index in [-0.39, 0.29) is 24.4 Å². The van der Waals surface area contributed by atoms with Gasteiger partial charge in [0.05, 0.1) is 29.3 Å². The summed E-state index contributed by atoms with van der Waals surface area (Å²) < 4.78 is 7.27. The van der Waals surface area contributed by atoms with Gasteiger partial charge >= 0.3 is 5.97 Å². The molecular formula is C21H24N4O4. The minimum absolute atomic E-state index is 0.0706. The number of nitrogens with zero attached hydrogens (tertiary/aromatic N) is 4. The van der Waals surface area contributed by atoms with Crippen molar-refractivity contribution >= 4 is 22.9 Å². The van der Waals surface area contributed by atoms with Gasteiger partial charge in [-0.15, -0.1) is 0 Å². The maximum Gasteiger partial charge on any atom is 0.308 e. The first-order valence-electron chi connectivity index (χ1n) is 9.79. The van der Waals surface area contributed by atoms with E-state index in [0.717, 1.165) is 0 Å². The van der Waals surface area contributed by atoms with Crippen molar-refractivity contribution in [2.45, 2.75) is 33.2 Å². The molecule has 0 saturated carbocycles. The fraction of sp³-hybridized carbons (Fsp3) is 0.429. The number of amides is 1. The third kappa shape index (κ3) is 3.50. The predicted octanol–water partition coefficient (Wildman–Crippen LogP) is 3.46. The average molecular weight is 396 g/mol. The molecule has 0 aromatic carbocycles. The molecule has 8 heteroatoms. The molecule has 0 aliphatic carbocycles. The quantitative estimate of drug-likeness (QED) is 0.725. The van der Waals surface area contributed by atoms with Gasteiger partial charge in [0, 0.05) is 19.1 Å². The summed E-state index contributed by atoms with van der Waals surface area (Å²) in [5.41, 5.74) is 1.62. The fourth-order valence-corrected chi connectivity index (χ4v) is 3.99. The van der Waals surface area contributed by atoms with Crippen LogP contribution < -0.4 is 0 Å². The Balaban J connectivity index is 1.81. The summed E-state index contributed by atoms with van der Waals surface area (Å²) in [6, 6.07) is 5.35. The molecule has 3 aromatic rings. The van der Waals surface area contributed by atoms with Gasteiger partial charge in [-0.3, -0.25) is 9.59 Å². The Morgan fingerprint density at radius 3 is 2.76 bits per heavy atom. The van der Waals surface area contributed by atoms with Crippen molar-refractivity contribution in [3.63, 3.8) is 0 Å². The van der Waals surface area contributed by atoms with Crippen LogP contribution in [0.1, 0.15) is 43.6 Å². The molecule has 1 N–H and O–H groups in total. The van der Waals surface area contributed by atoms with Crippen LogP contribution in [0.25, 0.3) is 22.5 Å². The van der Waals surface area contributed by atoms with Gasteiger partial charge in [0.15, 0.2) is 11.4 Å². The molecule has 2 atom stereocenters. The fourth-order valence-electron chi connectivity index (χ4n) is 3.99. The molecule has 8 nitrogen and oxygen atoms in total. The predicted molar refractivity (Wildman–Crippen MR) is 106 cm³/mol. The number of likely N-dealkylation sites (tertiary alicyclic amines) is 1. The Hall–Kier alpha value is -3.16. The molecule has 29 heavy (non-hydrogen) atoms. The first-order chi connectivity index (χ1) is 13.8. The van der Waals surface area contributed by atoms with E-state index < -0.39 is 11.9 Å². The molecule has 1 amide bonds. The third-order valence-electron chi connectivity index (χ3n) is 5.36. The van der Waals surface area contributed by atoms with E-state index in [9.17, 15) is 14.7 Å². The molecule has 0 spiro atoms. The smallest absolute Gasteiger partial charge is 0.308 e. The number of hydrogen-bond donors (Lipinski definition) is 1. The number of fused-ring (bicyclic) bond motifs is 1. The third-order valence-corrected chi connectivity index (χ3v) is 5.36. The van der Waals surface area contributed by atoms with Gasteiger partial charge < -0.3 is 14.4 Å². The van der Waals surface area contributed by atoms with Crippen LogP contribution in [-0.2, 0) is 4.79 Å². The van der Waals surface area contributed by atoms with Gasteiger partial charge in [-0.05, 0) is 44.4 Å². The highest BCUT2D eigenvalue weighted by Crippen LogP contribution is 2.29. The van der Waals surface area contributed by atoms with E-state index in [2.05, 4.69) is 10.1 Å². The van der Waals surface area contributed by atoms with E-state index in [1.807, 2.05) is 20.8 Å². The minimum Gasteiger partial charge on any atom is -0.481 e. The Bertz CT molecular complexity index is 1050. The van der Waals surface area contributed by atoms with Gasteiger partial charge in [-0.25, -0.2) is 9.67 Å². The van der Waals surface area contributed by atoms with Crippen LogP contribution in [0.15, 0.2) is 35.1 Å². The lowest BCUT2D eigenvalue weighted by Gasteiger charge is -2.34. The normalized spacial score (nSPS) is 19.8. The summed E-state index contributed by atoms with van der Waals surface area (Å²) in [6.45, 7) is 6.71. The van der Waals surface area contributed by atoms with Crippen molar-refractivity contribution in [3.8, 4) is 11.5 Å². The van der Waals surface area contributed by atoms with Crippen molar-refractivity contribution in [3.05, 3.63) is 36.2 Å². The average Bonchev–Trinajstić information content (AvgIpc) is 3.35. The molecule has 1 aliphatic heterocycles. The Morgan fingerprint density at radius 2 is 2.10 bits per heavy atom. The molecule has 4 rings (SSSR count). The number of furan rings is 1. The van der Waals surface area contributed by atoms with Crippen LogP contribution in [0.3, 0.4) is 0 Å². The SMILES string of the molecule is CC1CC(C(=O)O)CN(C(=O)c2cc(-c3ccco3)nc3c2cnn3C(C)C)C1. The van der Waals surface area contributed by atoms with Crippen LogP contribution in [0.2, 0.25) is 0 Å². The first kappa shape index (κ1) is 19.2. The van der Waals surface area contributed by atoms with E-state index in [0.29, 0.717) is 41.0 Å². The number of carboxylic acid groups (broad SMARTS) is 1. The van der Waals surface area contributed by atoms with E-state index in [4.69, 9.17) is 4.42 Å². The molecule has 0 bridgehead atoms. The van der Waals surface area contributed by atoms with Crippen LogP contribution >= 0.6 is 0 Å². The van der Waals surface area contributed by atoms with Crippen LogP contribution in [0.4, 0.5) is 0 Å². The summed E-state index contributed by atoms with van der Waals surface area (Å²) in [6.07, 6.45) is 3.80. The van der Waals surface area contributed by atoms with Crippen molar-refractivity contribution in [2.24, 2.45) is 11.8 Å². The number of carbonyl (C=O) groups excluding carboxylic acids is 1. The summed E-state index contributed by atoms with van der Waals surface area (Å²) in [5, 5.41) is 14.5. The molecule has 4 heterocycles. The van der Waals surface area contributed by atoms with Crippen LogP contribution in [0, 0.1) is 11.8 Å². The van der Waals surface area contributed by atoms with Gasteiger partial charge in [-0.2, -0.15) is 5.10 Å². The lowest BCUT2D eigenvalue weighted by Crippen LogP contribution is -2.45. The molecule has 152 valence electrons. The number of piperidine rings is 1. The second-order valence-electron chi connectivity index (χ2n) is 8.04. The van der Waals surface area contributed by atoms with Crippen molar-refractivity contribution in [1.29, 1.82) is 0 Å². The highest BCUT2D eigenvalue weighted by molar-refractivity contribution is 6.06. The number of aromatic nitrogens is 3. The van der Waals surface area contributed by atoms with Crippen molar-refractivity contribution in [1.82, 2.24) is 19.7 Å². The van der Waals surface area contributed by atoms with Crippen LogP contribution in [0.5, 0.6) is 0 Å². The second-order valence-corrected chi connectivity index (χ2v) is 8.04. The second kappa shape index (κ2) is 7.35. The zero-order valence-corrected chi connectivity index (χ0v) is 16.7. The summed E-state index contributed by atoms with van der Waals surface area (Å²) in [4.78, 5) is 31.3. The minimum atomic E-state index is -0.863. The van der Waals surface area contributed by atoms with Crippen molar-refractivity contribution in [2.75, 3.05) is 13.1 Å². The van der Waals surface area contributed by atoms with E-state index >= 15 is 0 Å². The summed E-state index contributed by atoms with van der Waals surface area (Å²) >= 11 is 0. The Morgan fingerprint density at radius 1 is 1.31 bits per heavy atom. The maximum atomic E-state index is 13.5. The van der Waals surface area contributed by atoms with Crippen LogP contribution in [-0.4, -0.2) is 49.7 Å².